The normalized spacial score (nSPS) is 27.6. The van der Waals surface area contributed by atoms with Crippen molar-refractivity contribution in [1.82, 2.24) is 14.5 Å². The third-order valence-corrected chi connectivity index (χ3v) is 6.30. The number of aliphatic hydroxyl groups is 1. The summed E-state index contributed by atoms with van der Waals surface area (Å²) >= 11 is 0. The van der Waals surface area contributed by atoms with Gasteiger partial charge >= 0.3 is 0 Å². The van der Waals surface area contributed by atoms with Crippen LogP contribution in [0.4, 0.5) is 0 Å². The highest BCUT2D eigenvalue weighted by atomic mass is 32.2. The van der Waals surface area contributed by atoms with Gasteiger partial charge in [0.2, 0.25) is 10.0 Å². The molecule has 0 radical (unpaired) electrons. The van der Waals surface area contributed by atoms with Crippen molar-refractivity contribution in [1.29, 1.82) is 0 Å². The number of piperazine rings is 1. The predicted octanol–water partition coefficient (Wildman–Crippen LogP) is -0.543. The fraction of sp³-hybridized carbons (Fsp3) is 1.00. The molecule has 0 aromatic carbocycles. The lowest BCUT2D eigenvalue weighted by atomic mass is 10.1. The van der Waals surface area contributed by atoms with Gasteiger partial charge in [-0.3, -0.25) is 4.90 Å². The van der Waals surface area contributed by atoms with Gasteiger partial charge in [0.05, 0.1) is 10.9 Å². The Labute approximate surface area is 122 Å². The standard InChI is InChI=1S/C13H27N3O3S/c1-13(2,17)11-15-6-8-16(9-7-15)20(18,19)12-4-3-5-14-10-12/h12,14,17H,3-11H2,1-2H3. The average Bonchev–Trinajstić information content (AvgIpc) is 2.38. The molecule has 118 valence electrons. The van der Waals surface area contributed by atoms with E-state index in [0.717, 1.165) is 19.4 Å². The SMILES string of the molecule is CC(C)(O)CN1CCN(S(=O)(=O)C2CCCNC2)CC1. The van der Waals surface area contributed by atoms with Crippen molar-refractivity contribution in [3.05, 3.63) is 0 Å². The minimum atomic E-state index is -3.17. The molecule has 0 bridgehead atoms. The van der Waals surface area contributed by atoms with Crippen LogP contribution in [0.15, 0.2) is 0 Å². The molecule has 0 amide bonds. The lowest BCUT2D eigenvalue weighted by Crippen LogP contribution is -2.55. The van der Waals surface area contributed by atoms with Crippen molar-refractivity contribution in [2.75, 3.05) is 45.8 Å². The zero-order chi connectivity index (χ0) is 14.8. The first-order valence-electron chi connectivity index (χ1n) is 7.43. The molecule has 0 spiro atoms. The van der Waals surface area contributed by atoms with Crippen LogP contribution in [0.5, 0.6) is 0 Å². The molecule has 2 fully saturated rings. The smallest absolute Gasteiger partial charge is 0.218 e. The Balaban J connectivity index is 1.89. The highest BCUT2D eigenvalue weighted by Gasteiger charge is 2.35. The van der Waals surface area contributed by atoms with Crippen LogP contribution in [0.25, 0.3) is 0 Å². The number of piperidine rings is 1. The van der Waals surface area contributed by atoms with E-state index in [1.165, 1.54) is 0 Å². The Morgan fingerprint density at radius 3 is 2.40 bits per heavy atom. The van der Waals surface area contributed by atoms with Gasteiger partial charge in [-0.2, -0.15) is 4.31 Å². The summed E-state index contributed by atoms with van der Waals surface area (Å²) in [5.74, 6) is 0. The maximum Gasteiger partial charge on any atom is 0.218 e. The fourth-order valence-corrected chi connectivity index (χ4v) is 4.86. The quantitative estimate of drug-likeness (QED) is 0.730. The number of nitrogens with zero attached hydrogens (tertiary/aromatic N) is 2. The first-order chi connectivity index (χ1) is 9.29. The second kappa shape index (κ2) is 6.27. The Bertz CT molecular complexity index is 405. The predicted molar refractivity (Wildman–Crippen MR) is 79.1 cm³/mol. The van der Waals surface area contributed by atoms with E-state index in [-0.39, 0.29) is 5.25 Å². The maximum absolute atomic E-state index is 12.6. The summed E-state index contributed by atoms with van der Waals surface area (Å²) in [6, 6.07) is 0. The second-order valence-corrected chi connectivity index (χ2v) is 8.71. The molecule has 2 heterocycles. The summed E-state index contributed by atoms with van der Waals surface area (Å²) in [6.45, 7) is 8.12. The van der Waals surface area contributed by atoms with Gasteiger partial charge in [-0.15, -0.1) is 0 Å². The molecule has 1 atom stereocenters. The van der Waals surface area contributed by atoms with E-state index in [0.29, 0.717) is 39.3 Å². The third kappa shape index (κ3) is 4.14. The molecule has 0 saturated carbocycles. The molecule has 2 aliphatic heterocycles. The van der Waals surface area contributed by atoms with E-state index in [2.05, 4.69) is 10.2 Å². The maximum atomic E-state index is 12.6. The molecule has 2 rings (SSSR count). The van der Waals surface area contributed by atoms with Crippen LogP contribution in [-0.4, -0.2) is 79.4 Å². The molecule has 7 heteroatoms. The topological polar surface area (TPSA) is 72.9 Å². The second-order valence-electron chi connectivity index (χ2n) is 6.50. The van der Waals surface area contributed by atoms with Gasteiger partial charge in [-0.1, -0.05) is 0 Å². The first-order valence-corrected chi connectivity index (χ1v) is 8.94. The molecule has 6 nitrogen and oxygen atoms in total. The van der Waals surface area contributed by atoms with Crippen molar-refractivity contribution in [2.45, 2.75) is 37.5 Å². The summed E-state index contributed by atoms with van der Waals surface area (Å²) < 4.78 is 26.7. The Kier molecular flexibility index (Phi) is 5.07. The third-order valence-electron chi connectivity index (χ3n) is 3.97. The van der Waals surface area contributed by atoms with Gasteiger partial charge in [-0.05, 0) is 33.2 Å². The molecule has 0 aliphatic carbocycles. The zero-order valence-corrected chi connectivity index (χ0v) is 13.3. The summed E-state index contributed by atoms with van der Waals surface area (Å²) in [7, 11) is -3.17. The zero-order valence-electron chi connectivity index (χ0n) is 12.5. The Morgan fingerprint density at radius 2 is 1.90 bits per heavy atom. The number of hydrogen-bond acceptors (Lipinski definition) is 5. The van der Waals surface area contributed by atoms with Crippen molar-refractivity contribution in [3.8, 4) is 0 Å². The van der Waals surface area contributed by atoms with Crippen molar-refractivity contribution >= 4 is 10.0 Å². The van der Waals surface area contributed by atoms with Gasteiger partial charge in [0, 0.05) is 39.3 Å². The first kappa shape index (κ1) is 16.2. The number of rotatable bonds is 4. The number of sulfonamides is 1. The molecule has 1 unspecified atom stereocenters. The van der Waals surface area contributed by atoms with E-state index >= 15 is 0 Å². The van der Waals surface area contributed by atoms with Crippen LogP contribution >= 0.6 is 0 Å². The molecule has 20 heavy (non-hydrogen) atoms. The number of hydrogen-bond donors (Lipinski definition) is 2. The molecular formula is C13H27N3O3S. The van der Waals surface area contributed by atoms with Gasteiger partial charge in [0.15, 0.2) is 0 Å². The largest absolute Gasteiger partial charge is 0.389 e. The lowest BCUT2D eigenvalue weighted by molar-refractivity contribution is 0.0262. The number of nitrogens with one attached hydrogen (secondary N) is 1. The van der Waals surface area contributed by atoms with E-state index in [1.807, 2.05) is 0 Å². The Morgan fingerprint density at radius 1 is 1.25 bits per heavy atom. The average molecular weight is 305 g/mol. The molecule has 2 N–H and O–H groups in total. The summed E-state index contributed by atoms with van der Waals surface area (Å²) in [5, 5.41) is 12.7. The van der Waals surface area contributed by atoms with E-state index < -0.39 is 15.6 Å². The highest BCUT2D eigenvalue weighted by molar-refractivity contribution is 7.89. The van der Waals surface area contributed by atoms with Crippen LogP contribution in [0.1, 0.15) is 26.7 Å². The fourth-order valence-electron chi connectivity index (χ4n) is 2.97. The van der Waals surface area contributed by atoms with Gasteiger partial charge in [0.1, 0.15) is 0 Å². The van der Waals surface area contributed by atoms with Crippen LogP contribution < -0.4 is 5.32 Å². The summed E-state index contributed by atoms with van der Waals surface area (Å²) in [4.78, 5) is 2.13. The van der Waals surface area contributed by atoms with Gasteiger partial charge < -0.3 is 10.4 Å². The van der Waals surface area contributed by atoms with E-state index in [1.54, 1.807) is 18.2 Å². The summed E-state index contributed by atoms with van der Waals surface area (Å²) in [6.07, 6.45) is 1.70. The van der Waals surface area contributed by atoms with Crippen molar-refractivity contribution in [2.24, 2.45) is 0 Å². The molecule has 0 aromatic heterocycles. The monoisotopic (exact) mass is 305 g/mol. The van der Waals surface area contributed by atoms with E-state index in [9.17, 15) is 13.5 Å². The van der Waals surface area contributed by atoms with Gasteiger partial charge in [0.25, 0.3) is 0 Å². The number of β-amino-alcohol motifs (C(OH)–C–C–N with tert-alkyl or cyclic N) is 1. The van der Waals surface area contributed by atoms with Crippen molar-refractivity contribution in [3.63, 3.8) is 0 Å². The summed E-state index contributed by atoms with van der Waals surface area (Å²) in [5.41, 5.74) is -0.728. The van der Waals surface area contributed by atoms with Gasteiger partial charge in [-0.25, -0.2) is 8.42 Å². The van der Waals surface area contributed by atoms with Crippen LogP contribution in [0, 0.1) is 0 Å². The minimum absolute atomic E-state index is 0.267. The molecular weight excluding hydrogens is 278 g/mol. The van der Waals surface area contributed by atoms with Crippen LogP contribution in [0.2, 0.25) is 0 Å². The Hall–Kier alpha value is -0.210. The van der Waals surface area contributed by atoms with Crippen LogP contribution in [0.3, 0.4) is 0 Å². The van der Waals surface area contributed by atoms with Crippen molar-refractivity contribution < 1.29 is 13.5 Å². The lowest BCUT2D eigenvalue weighted by Gasteiger charge is -2.38. The molecule has 2 saturated heterocycles. The molecule has 0 aromatic rings. The highest BCUT2D eigenvalue weighted by Crippen LogP contribution is 2.19. The molecule has 2 aliphatic rings. The van der Waals surface area contributed by atoms with Crippen LogP contribution in [-0.2, 0) is 10.0 Å². The van der Waals surface area contributed by atoms with E-state index in [4.69, 9.17) is 0 Å². The minimum Gasteiger partial charge on any atom is -0.389 e.